The van der Waals surface area contributed by atoms with Crippen LogP contribution < -0.4 is 0 Å². The minimum atomic E-state index is -0.998. The molecule has 0 spiro atoms. The number of fused-ring (bicyclic) bond motifs is 1. The van der Waals surface area contributed by atoms with E-state index in [0.717, 1.165) is 5.82 Å². The fourth-order valence-corrected chi connectivity index (χ4v) is 2.44. The van der Waals surface area contributed by atoms with Crippen molar-refractivity contribution in [3.05, 3.63) is 42.1 Å². The van der Waals surface area contributed by atoms with E-state index in [2.05, 4.69) is 20.2 Å². The highest BCUT2D eigenvalue weighted by Gasteiger charge is 2.10. The lowest BCUT2D eigenvalue weighted by Crippen LogP contribution is -1.97. The number of aromatic nitrogens is 5. The summed E-state index contributed by atoms with van der Waals surface area (Å²) in [6.07, 6.45) is 4.77. The van der Waals surface area contributed by atoms with E-state index >= 15 is 0 Å². The van der Waals surface area contributed by atoms with E-state index in [1.165, 1.54) is 24.0 Å². The van der Waals surface area contributed by atoms with E-state index < -0.39 is 5.97 Å². The number of aryl methyl sites for hydroxylation is 1. The van der Waals surface area contributed by atoms with Crippen LogP contribution in [0.4, 0.5) is 0 Å². The lowest BCUT2D eigenvalue weighted by atomic mass is 10.3. The Balaban J connectivity index is 1.95. The SMILES string of the molecule is Cc1nnc2c(Sc3ccc(C(=O)O)cn3)nccn12. The summed E-state index contributed by atoms with van der Waals surface area (Å²) in [6.45, 7) is 1.86. The summed E-state index contributed by atoms with van der Waals surface area (Å²) >= 11 is 1.31. The number of carbonyl (C=O) groups is 1. The highest BCUT2D eigenvalue weighted by atomic mass is 32.2. The van der Waals surface area contributed by atoms with Gasteiger partial charge in [-0.1, -0.05) is 0 Å². The van der Waals surface area contributed by atoms with Crippen molar-refractivity contribution in [3.63, 3.8) is 0 Å². The molecule has 0 aliphatic rings. The van der Waals surface area contributed by atoms with E-state index in [9.17, 15) is 4.79 Å². The fraction of sp³-hybridized carbons (Fsp3) is 0.0833. The summed E-state index contributed by atoms with van der Waals surface area (Å²) in [5.41, 5.74) is 0.804. The first-order chi connectivity index (χ1) is 9.65. The summed E-state index contributed by atoms with van der Waals surface area (Å²) < 4.78 is 1.83. The van der Waals surface area contributed by atoms with Gasteiger partial charge in [0.15, 0.2) is 5.65 Å². The van der Waals surface area contributed by atoms with Gasteiger partial charge in [0, 0.05) is 18.6 Å². The van der Waals surface area contributed by atoms with Crippen molar-refractivity contribution in [3.8, 4) is 0 Å². The first-order valence-electron chi connectivity index (χ1n) is 5.68. The molecule has 0 atom stereocenters. The fourth-order valence-electron chi connectivity index (χ4n) is 1.66. The van der Waals surface area contributed by atoms with Crippen molar-refractivity contribution in [1.82, 2.24) is 24.6 Å². The van der Waals surface area contributed by atoms with Crippen LogP contribution in [0.25, 0.3) is 5.65 Å². The molecule has 100 valence electrons. The highest BCUT2D eigenvalue weighted by molar-refractivity contribution is 7.99. The average molecular weight is 287 g/mol. The number of hydrogen-bond acceptors (Lipinski definition) is 6. The van der Waals surface area contributed by atoms with Crippen molar-refractivity contribution in [1.29, 1.82) is 0 Å². The van der Waals surface area contributed by atoms with E-state index in [-0.39, 0.29) is 5.56 Å². The Morgan fingerprint density at radius 1 is 1.30 bits per heavy atom. The molecule has 0 aliphatic carbocycles. The lowest BCUT2D eigenvalue weighted by molar-refractivity contribution is 0.0696. The van der Waals surface area contributed by atoms with Gasteiger partial charge in [-0.05, 0) is 30.8 Å². The monoisotopic (exact) mass is 287 g/mol. The van der Waals surface area contributed by atoms with Crippen LogP contribution >= 0.6 is 11.8 Å². The van der Waals surface area contributed by atoms with Crippen LogP contribution in [0, 0.1) is 6.92 Å². The second kappa shape index (κ2) is 4.89. The molecule has 0 saturated heterocycles. The molecular weight excluding hydrogens is 278 g/mol. The lowest BCUT2D eigenvalue weighted by Gasteiger charge is -2.02. The van der Waals surface area contributed by atoms with Crippen molar-refractivity contribution < 1.29 is 9.90 Å². The van der Waals surface area contributed by atoms with E-state index in [1.807, 2.05) is 11.3 Å². The summed E-state index contributed by atoms with van der Waals surface area (Å²) in [4.78, 5) is 19.1. The molecule has 3 aromatic rings. The molecule has 0 bridgehead atoms. The van der Waals surface area contributed by atoms with Gasteiger partial charge in [-0.3, -0.25) is 4.40 Å². The standard InChI is InChI=1S/C12H9N5O2S/c1-7-15-16-10-11(13-4-5-17(7)10)20-9-3-2-8(6-14-9)12(18)19/h2-6H,1H3,(H,18,19). The zero-order valence-electron chi connectivity index (χ0n) is 10.4. The van der Waals surface area contributed by atoms with E-state index in [0.29, 0.717) is 15.7 Å². The first kappa shape index (κ1) is 12.5. The largest absolute Gasteiger partial charge is 0.478 e. The van der Waals surface area contributed by atoms with Crippen LogP contribution in [0.5, 0.6) is 0 Å². The molecule has 0 unspecified atom stereocenters. The van der Waals surface area contributed by atoms with Gasteiger partial charge in [-0.15, -0.1) is 10.2 Å². The Labute approximate surface area is 117 Å². The van der Waals surface area contributed by atoms with Crippen LogP contribution in [0.1, 0.15) is 16.2 Å². The predicted molar refractivity (Wildman–Crippen MR) is 70.8 cm³/mol. The summed E-state index contributed by atoms with van der Waals surface area (Å²) in [7, 11) is 0. The number of rotatable bonds is 3. The molecule has 0 saturated carbocycles. The summed E-state index contributed by atoms with van der Waals surface area (Å²) in [5.74, 6) is -0.221. The van der Waals surface area contributed by atoms with Crippen LogP contribution in [-0.4, -0.2) is 35.6 Å². The Morgan fingerprint density at radius 3 is 2.85 bits per heavy atom. The van der Waals surface area contributed by atoms with Gasteiger partial charge in [0.25, 0.3) is 0 Å². The topological polar surface area (TPSA) is 93.3 Å². The van der Waals surface area contributed by atoms with Crippen LogP contribution in [0.15, 0.2) is 40.8 Å². The molecule has 0 aliphatic heterocycles. The quantitative estimate of drug-likeness (QED) is 0.783. The first-order valence-corrected chi connectivity index (χ1v) is 6.50. The second-order valence-electron chi connectivity index (χ2n) is 3.97. The molecule has 20 heavy (non-hydrogen) atoms. The van der Waals surface area contributed by atoms with Gasteiger partial charge in [0.1, 0.15) is 15.9 Å². The zero-order valence-corrected chi connectivity index (χ0v) is 11.2. The third-order valence-electron chi connectivity index (χ3n) is 2.65. The van der Waals surface area contributed by atoms with Gasteiger partial charge in [0.2, 0.25) is 0 Å². The number of pyridine rings is 1. The maximum absolute atomic E-state index is 10.8. The smallest absolute Gasteiger partial charge is 0.337 e. The van der Waals surface area contributed by atoms with Gasteiger partial charge < -0.3 is 5.11 Å². The summed E-state index contributed by atoms with van der Waals surface area (Å²) in [6, 6.07) is 3.15. The van der Waals surface area contributed by atoms with Crippen LogP contribution in [0.2, 0.25) is 0 Å². The molecule has 3 rings (SSSR count). The molecular formula is C12H9N5O2S. The van der Waals surface area contributed by atoms with Gasteiger partial charge in [-0.25, -0.2) is 14.8 Å². The Hall–Kier alpha value is -2.48. The van der Waals surface area contributed by atoms with E-state index in [1.54, 1.807) is 18.5 Å². The number of nitrogens with zero attached hydrogens (tertiary/aromatic N) is 5. The number of hydrogen-bond donors (Lipinski definition) is 1. The number of aromatic carboxylic acids is 1. The molecule has 8 heteroatoms. The highest BCUT2D eigenvalue weighted by Crippen LogP contribution is 2.26. The Kier molecular flexibility index (Phi) is 3.07. The van der Waals surface area contributed by atoms with Crippen molar-refractivity contribution >= 4 is 23.4 Å². The van der Waals surface area contributed by atoms with Crippen LogP contribution in [-0.2, 0) is 0 Å². The number of carboxylic acid groups (broad SMARTS) is 1. The van der Waals surface area contributed by atoms with Crippen molar-refractivity contribution in [2.75, 3.05) is 0 Å². The van der Waals surface area contributed by atoms with Gasteiger partial charge in [-0.2, -0.15) is 0 Å². The van der Waals surface area contributed by atoms with Crippen LogP contribution in [0.3, 0.4) is 0 Å². The predicted octanol–water partition coefficient (Wildman–Crippen LogP) is 1.68. The minimum absolute atomic E-state index is 0.152. The van der Waals surface area contributed by atoms with Gasteiger partial charge >= 0.3 is 5.97 Å². The average Bonchev–Trinajstić information content (AvgIpc) is 2.82. The minimum Gasteiger partial charge on any atom is -0.478 e. The molecule has 3 heterocycles. The summed E-state index contributed by atoms with van der Waals surface area (Å²) in [5, 5.41) is 18.2. The molecule has 0 radical (unpaired) electrons. The third-order valence-corrected chi connectivity index (χ3v) is 3.58. The molecule has 1 N–H and O–H groups in total. The Bertz CT molecular complexity index is 784. The Morgan fingerprint density at radius 2 is 2.15 bits per heavy atom. The zero-order chi connectivity index (χ0) is 14.1. The maximum atomic E-state index is 10.8. The molecule has 0 aromatic carbocycles. The third kappa shape index (κ3) is 2.21. The van der Waals surface area contributed by atoms with Gasteiger partial charge in [0.05, 0.1) is 5.56 Å². The second-order valence-corrected chi connectivity index (χ2v) is 4.97. The molecule has 0 fully saturated rings. The molecule has 7 nitrogen and oxygen atoms in total. The molecule has 3 aromatic heterocycles. The molecule has 0 amide bonds. The normalized spacial score (nSPS) is 10.8. The van der Waals surface area contributed by atoms with E-state index in [4.69, 9.17) is 5.11 Å². The van der Waals surface area contributed by atoms with Crippen molar-refractivity contribution in [2.24, 2.45) is 0 Å². The maximum Gasteiger partial charge on any atom is 0.337 e. The number of carboxylic acids is 1. The van der Waals surface area contributed by atoms with Crippen molar-refractivity contribution in [2.45, 2.75) is 17.0 Å².